The summed E-state index contributed by atoms with van der Waals surface area (Å²) in [6.07, 6.45) is 0. The molecule has 0 aromatic heterocycles. The normalized spacial score (nSPS) is 12.5. The maximum absolute atomic E-state index is 5.80. The lowest BCUT2D eigenvalue weighted by molar-refractivity contribution is 0.212. The zero-order valence-electron chi connectivity index (χ0n) is 11.3. The van der Waals surface area contributed by atoms with E-state index in [0.717, 1.165) is 18.0 Å². The van der Waals surface area contributed by atoms with Crippen molar-refractivity contribution in [1.29, 1.82) is 0 Å². The minimum atomic E-state index is 0.500. The van der Waals surface area contributed by atoms with Crippen LogP contribution in [-0.2, 0) is 0 Å². The van der Waals surface area contributed by atoms with Crippen LogP contribution in [0, 0.1) is 5.92 Å². The van der Waals surface area contributed by atoms with Crippen LogP contribution in [0.4, 0.5) is 0 Å². The Kier molecular flexibility index (Phi) is 5.84. The zero-order valence-corrected chi connectivity index (χ0v) is 11.3. The molecule has 1 atom stereocenters. The first-order valence-corrected chi connectivity index (χ1v) is 6.12. The second-order valence-corrected chi connectivity index (χ2v) is 4.56. The van der Waals surface area contributed by atoms with Crippen molar-refractivity contribution in [1.82, 2.24) is 4.90 Å². The number of hydrogen-bond acceptors (Lipinski definition) is 3. The Morgan fingerprint density at radius 2 is 1.71 bits per heavy atom. The Morgan fingerprint density at radius 1 is 1.12 bits per heavy atom. The number of hydrogen-bond donors (Lipinski definition) is 0. The van der Waals surface area contributed by atoms with E-state index in [2.05, 4.69) is 25.9 Å². The molecule has 0 heterocycles. The summed E-state index contributed by atoms with van der Waals surface area (Å²) in [6, 6.07) is 7.82. The topological polar surface area (TPSA) is 21.7 Å². The third-order valence-corrected chi connectivity index (χ3v) is 2.35. The Hall–Kier alpha value is -1.22. The molecule has 0 aliphatic carbocycles. The predicted molar refractivity (Wildman–Crippen MR) is 70.8 cm³/mol. The van der Waals surface area contributed by atoms with Crippen molar-refractivity contribution in [3.05, 3.63) is 24.3 Å². The van der Waals surface area contributed by atoms with Gasteiger partial charge >= 0.3 is 0 Å². The summed E-state index contributed by atoms with van der Waals surface area (Å²) >= 11 is 0. The van der Waals surface area contributed by atoms with Gasteiger partial charge < -0.3 is 14.4 Å². The van der Waals surface area contributed by atoms with E-state index in [1.807, 2.05) is 31.2 Å². The Balaban J connectivity index is 2.50. The molecule has 0 saturated heterocycles. The van der Waals surface area contributed by atoms with Crippen molar-refractivity contribution >= 4 is 0 Å². The van der Waals surface area contributed by atoms with Gasteiger partial charge in [-0.15, -0.1) is 0 Å². The molecule has 96 valence electrons. The minimum Gasteiger partial charge on any atom is -0.490 e. The molecule has 0 radical (unpaired) electrons. The van der Waals surface area contributed by atoms with Crippen LogP contribution in [0.2, 0.25) is 0 Å². The monoisotopic (exact) mass is 237 g/mol. The fourth-order valence-electron chi connectivity index (χ4n) is 1.75. The summed E-state index contributed by atoms with van der Waals surface area (Å²) in [4.78, 5) is 2.17. The van der Waals surface area contributed by atoms with Crippen molar-refractivity contribution in [3.8, 4) is 11.5 Å². The minimum absolute atomic E-state index is 0.500. The van der Waals surface area contributed by atoms with E-state index in [-0.39, 0.29) is 0 Å². The first kappa shape index (κ1) is 13.8. The van der Waals surface area contributed by atoms with E-state index in [4.69, 9.17) is 9.47 Å². The van der Waals surface area contributed by atoms with Crippen LogP contribution >= 0.6 is 0 Å². The number of nitrogens with zero attached hydrogens (tertiary/aromatic N) is 1. The van der Waals surface area contributed by atoms with Crippen LogP contribution in [0.1, 0.15) is 13.8 Å². The summed E-state index contributed by atoms with van der Waals surface area (Å²) in [6.45, 7) is 6.56. The number of rotatable bonds is 7. The van der Waals surface area contributed by atoms with E-state index >= 15 is 0 Å². The van der Waals surface area contributed by atoms with Crippen LogP contribution in [0.5, 0.6) is 11.5 Å². The Bertz CT molecular complexity index is 326. The Morgan fingerprint density at radius 3 is 2.24 bits per heavy atom. The molecule has 1 aromatic carbocycles. The van der Waals surface area contributed by atoms with Gasteiger partial charge in [0.15, 0.2) is 11.5 Å². The highest BCUT2D eigenvalue weighted by Gasteiger charge is 2.07. The van der Waals surface area contributed by atoms with Crippen LogP contribution in [0.15, 0.2) is 24.3 Å². The van der Waals surface area contributed by atoms with E-state index < -0.39 is 0 Å². The Labute approximate surface area is 104 Å². The third-order valence-electron chi connectivity index (χ3n) is 2.35. The molecule has 1 aromatic rings. The van der Waals surface area contributed by atoms with Crippen molar-refractivity contribution < 1.29 is 9.47 Å². The molecule has 3 heteroatoms. The smallest absolute Gasteiger partial charge is 0.161 e. The molecule has 0 aliphatic rings. The first-order chi connectivity index (χ1) is 8.13. The van der Waals surface area contributed by atoms with Gasteiger partial charge in [-0.2, -0.15) is 0 Å². The van der Waals surface area contributed by atoms with Gasteiger partial charge in [-0.25, -0.2) is 0 Å². The van der Waals surface area contributed by atoms with Gasteiger partial charge in [-0.3, -0.25) is 0 Å². The van der Waals surface area contributed by atoms with Gasteiger partial charge in [-0.05, 0) is 33.2 Å². The largest absolute Gasteiger partial charge is 0.490 e. The molecule has 0 saturated carbocycles. The standard InChI is InChI=1S/C14H23NO2/c1-5-16-13-8-6-7-9-14(13)17-11-12(2)10-15(3)4/h6-9,12H,5,10-11H2,1-4H3. The lowest BCUT2D eigenvalue weighted by Crippen LogP contribution is -2.24. The first-order valence-electron chi connectivity index (χ1n) is 6.12. The van der Waals surface area contributed by atoms with Crippen LogP contribution in [0.25, 0.3) is 0 Å². The van der Waals surface area contributed by atoms with Gasteiger partial charge in [0.2, 0.25) is 0 Å². The molecule has 0 amide bonds. The molecule has 0 aliphatic heterocycles. The molecule has 0 fully saturated rings. The molecule has 3 nitrogen and oxygen atoms in total. The van der Waals surface area contributed by atoms with E-state index in [9.17, 15) is 0 Å². The van der Waals surface area contributed by atoms with Gasteiger partial charge in [0, 0.05) is 12.5 Å². The summed E-state index contributed by atoms with van der Waals surface area (Å²) in [5.41, 5.74) is 0. The van der Waals surface area contributed by atoms with Gasteiger partial charge in [0.05, 0.1) is 13.2 Å². The van der Waals surface area contributed by atoms with E-state index in [1.54, 1.807) is 0 Å². The summed E-state index contributed by atoms with van der Waals surface area (Å²) in [7, 11) is 4.15. The summed E-state index contributed by atoms with van der Waals surface area (Å²) < 4.78 is 11.3. The molecular weight excluding hydrogens is 214 g/mol. The summed E-state index contributed by atoms with van der Waals surface area (Å²) in [5, 5.41) is 0. The maximum Gasteiger partial charge on any atom is 0.161 e. The van der Waals surface area contributed by atoms with E-state index in [0.29, 0.717) is 19.1 Å². The maximum atomic E-state index is 5.80. The van der Waals surface area contributed by atoms with Crippen LogP contribution < -0.4 is 9.47 Å². The highest BCUT2D eigenvalue weighted by molar-refractivity contribution is 5.39. The van der Waals surface area contributed by atoms with E-state index in [1.165, 1.54) is 0 Å². The van der Waals surface area contributed by atoms with Crippen LogP contribution in [-0.4, -0.2) is 38.8 Å². The SMILES string of the molecule is CCOc1ccccc1OCC(C)CN(C)C. The highest BCUT2D eigenvalue weighted by atomic mass is 16.5. The third kappa shape index (κ3) is 5.09. The molecule has 17 heavy (non-hydrogen) atoms. The number of benzene rings is 1. The summed E-state index contributed by atoms with van der Waals surface area (Å²) in [5.74, 6) is 2.16. The quantitative estimate of drug-likeness (QED) is 0.727. The highest BCUT2D eigenvalue weighted by Crippen LogP contribution is 2.26. The van der Waals surface area contributed by atoms with Crippen LogP contribution in [0.3, 0.4) is 0 Å². The average Bonchev–Trinajstić information content (AvgIpc) is 2.27. The van der Waals surface area contributed by atoms with Gasteiger partial charge in [-0.1, -0.05) is 19.1 Å². The molecule has 0 bridgehead atoms. The second-order valence-electron chi connectivity index (χ2n) is 4.56. The van der Waals surface area contributed by atoms with Gasteiger partial charge in [0.25, 0.3) is 0 Å². The fourth-order valence-corrected chi connectivity index (χ4v) is 1.75. The number of ether oxygens (including phenoxy) is 2. The lowest BCUT2D eigenvalue weighted by atomic mass is 10.2. The van der Waals surface area contributed by atoms with Gasteiger partial charge in [0.1, 0.15) is 0 Å². The molecule has 0 spiro atoms. The molecule has 1 rings (SSSR count). The molecule has 0 N–H and O–H groups in total. The second kappa shape index (κ2) is 7.17. The van der Waals surface area contributed by atoms with Crippen molar-refractivity contribution in [3.63, 3.8) is 0 Å². The zero-order chi connectivity index (χ0) is 12.7. The molecular formula is C14H23NO2. The van der Waals surface area contributed by atoms with Crippen molar-refractivity contribution in [2.24, 2.45) is 5.92 Å². The number of para-hydroxylation sites is 2. The molecule has 1 unspecified atom stereocenters. The van der Waals surface area contributed by atoms with Crippen molar-refractivity contribution in [2.45, 2.75) is 13.8 Å². The van der Waals surface area contributed by atoms with Crippen molar-refractivity contribution in [2.75, 3.05) is 33.9 Å². The average molecular weight is 237 g/mol. The fraction of sp³-hybridized carbons (Fsp3) is 0.571. The lowest BCUT2D eigenvalue weighted by Gasteiger charge is -2.18. The predicted octanol–water partition coefficient (Wildman–Crippen LogP) is 2.66.